The maximum absolute atomic E-state index is 12.9. The highest BCUT2D eigenvalue weighted by Gasteiger charge is 2.10. The lowest BCUT2D eigenvalue weighted by Crippen LogP contribution is -2.11. The van der Waals surface area contributed by atoms with Gasteiger partial charge in [0, 0.05) is 12.1 Å². The number of nitrogens with zero attached hydrogens (tertiary/aromatic N) is 2. The van der Waals surface area contributed by atoms with Gasteiger partial charge in [-0.1, -0.05) is 17.4 Å². The van der Waals surface area contributed by atoms with Crippen LogP contribution in [0.15, 0.2) is 24.3 Å². The third-order valence-corrected chi connectivity index (χ3v) is 2.81. The number of nitrogens with two attached hydrogens (primary N) is 1. The second-order valence-electron chi connectivity index (χ2n) is 3.17. The number of halogens is 1. The van der Waals surface area contributed by atoms with Gasteiger partial charge in [-0.25, -0.2) is 4.39 Å². The average Bonchev–Trinajstić information content (AvgIpc) is 2.77. The van der Waals surface area contributed by atoms with Crippen molar-refractivity contribution >= 4 is 22.4 Å². The van der Waals surface area contributed by atoms with Crippen molar-refractivity contribution in [1.82, 2.24) is 10.2 Å². The van der Waals surface area contributed by atoms with Crippen molar-refractivity contribution < 1.29 is 9.18 Å². The Labute approximate surface area is 100 Å². The first-order chi connectivity index (χ1) is 8.19. The van der Waals surface area contributed by atoms with Gasteiger partial charge in [-0.15, -0.1) is 10.2 Å². The second kappa shape index (κ2) is 4.98. The second-order valence-corrected chi connectivity index (χ2v) is 4.23. The number of nitrogens with one attached hydrogen (secondary N) is 1. The molecule has 0 saturated carbocycles. The van der Waals surface area contributed by atoms with Crippen molar-refractivity contribution in [2.24, 2.45) is 5.73 Å². The Balaban J connectivity index is 2.11. The van der Waals surface area contributed by atoms with E-state index in [1.165, 1.54) is 29.5 Å². The topological polar surface area (TPSA) is 80.9 Å². The molecule has 1 aromatic carbocycles. The van der Waals surface area contributed by atoms with Crippen LogP contribution in [0.1, 0.15) is 15.4 Å². The molecule has 2 aromatic rings. The van der Waals surface area contributed by atoms with E-state index in [9.17, 15) is 9.18 Å². The zero-order valence-corrected chi connectivity index (χ0v) is 9.50. The first-order valence-corrected chi connectivity index (χ1v) is 5.60. The molecule has 0 fully saturated rings. The predicted octanol–water partition coefficient (Wildman–Crippen LogP) is 1.39. The summed E-state index contributed by atoms with van der Waals surface area (Å²) in [6, 6.07) is 5.41. The maximum Gasteiger partial charge on any atom is 0.257 e. The molecule has 1 aromatic heterocycles. The summed E-state index contributed by atoms with van der Waals surface area (Å²) in [5.41, 5.74) is 5.60. The molecule has 1 heterocycles. The minimum absolute atomic E-state index is 0.231. The van der Waals surface area contributed by atoms with E-state index in [2.05, 4.69) is 15.5 Å². The molecule has 5 nitrogen and oxygen atoms in total. The van der Waals surface area contributed by atoms with E-state index in [-0.39, 0.29) is 12.1 Å². The molecule has 0 aliphatic heterocycles. The van der Waals surface area contributed by atoms with E-state index >= 15 is 0 Å². The molecule has 0 saturated heterocycles. The first-order valence-electron chi connectivity index (χ1n) is 4.78. The molecule has 0 unspecified atom stereocenters. The third-order valence-electron chi connectivity index (χ3n) is 1.95. The number of aromatic nitrogens is 2. The minimum atomic E-state index is -0.461. The van der Waals surface area contributed by atoms with Crippen molar-refractivity contribution in [2.75, 3.05) is 5.32 Å². The maximum atomic E-state index is 12.9. The normalized spacial score (nSPS) is 10.2. The quantitative estimate of drug-likeness (QED) is 0.865. The SMILES string of the molecule is NCc1nnc(NC(=O)c2cccc(F)c2)s1. The number of amides is 1. The van der Waals surface area contributed by atoms with Crippen molar-refractivity contribution in [2.45, 2.75) is 6.54 Å². The average molecular weight is 252 g/mol. The Morgan fingerprint density at radius 1 is 1.47 bits per heavy atom. The fourth-order valence-electron chi connectivity index (χ4n) is 1.19. The number of carbonyl (C=O) groups is 1. The highest BCUT2D eigenvalue weighted by Crippen LogP contribution is 2.15. The van der Waals surface area contributed by atoms with Crippen molar-refractivity contribution in [1.29, 1.82) is 0 Å². The summed E-state index contributed by atoms with van der Waals surface area (Å²) < 4.78 is 12.9. The number of rotatable bonds is 3. The molecule has 88 valence electrons. The lowest BCUT2D eigenvalue weighted by Gasteiger charge is -2.00. The van der Waals surface area contributed by atoms with Gasteiger partial charge < -0.3 is 5.73 Å². The van der Waals surface area contributed by atoms with Gasteiger partial charge >= 0.3 is 0 Å². The van der Waals surface area contributed by atoms with Crippen LogP contribution in [0.3, 0.4) is 0 Å². The third kappa shape index (κ3) is 2.83. The molecular formula is C10H9FN4OS. The minimum Gasteiger partial charge on any atom is -0.324 e. The summed E-state index contributed by atoms with van der Waals surface area (Å²) >= 11 is 1.19. The van der Waals surface area contributed by atoms with E-state index in [4.69, 9.17) is 5.73 Å². The fourth-order valence-corrected chi connectivity index (χ4v) is 1.80. The van der Waals surface area contributed by atoms with Gasteiger partial charge in [0.25, 0.3) is 5.91 Å². The van der Waals surface area contributed by atoms with Crippen LogP contribution in [0.4, 0.5) is 9.52 Å². The zero-order valence-electron chi connectivity index (χ0n) is 8.68. The Morgan fingerprint density at radius 3 is 2.94 bits per heavy atom. The Kier molecular flexibility index (Phi) is 3.40. The van der Waals surface area contributed by atoms with Crippen molar-refractivity contribution in [3.63, 3.8) is 0 Å². The van der Waals surface area contributed by atoms with Crippen LogP contribution in [0.25, 0.3) is 0 Å². The van der Waals surface area contributed by atoms with Crippen LogP contribution in [0, 0.1) is 5.82 Å². The molecule has 1 amide bonds. The Hall–Kier alpha value is -1.86. The van der Waals surface area contributed by atoms with Gasteiger partial charge in [-0.3, -0.25) is 10.1 Å². The predicted molar refractivity (Wildman–Crippen MR) is 62.2 cm³/mol. The number of carbonyl (C=O) groups excluding carboxylic acids is 1. The van der Waals surface area contributed by atoms with Crippen molar-refractivity contribution in [3.05, 3.63) is 40.7 Å². The van der Waals surface area contributed by atoms with Gasteiger partial charge in [0.15, 0.2) is 0 Å². The molecule has 0 aliphatic carbocycles. The molecule has 0 spiro atoms. The van der Waals surface area contributed by atoms with Crippen molar-refractivity contribution in [3.8, 4) is 0 Å². The molecule has 0 aliphatic rings. The highest BCUT2D eigenvalue weighted by molar-refractivity contribution is 7.15. The summed E-state index contributed by atoms with van der Waals surface area (Å²) in [6.45, 7) is 0.271. The van der Waals surface area contributed by atoms with E-state index in [1.54, 1.807) is 0 Å². The van der Waals surface area contributed by atoms with Gasteiger partial charge in [0.2, 0.25) is 5.13 Å². The van der Waals surface area contributed by atoms with E-state index in [0.29, 0.717) is 10.1 Å². The smallest absolute Gasteiger partial charge is 0.257 e. The van der Waals surface area contributed by atoms with Crippen LogP contribution in [-0.2, 0) is 6.54 Å². The first kappa shape index (κ1) is 11.6. The van der Waals surface area contributed by atoms with Gasteiger partial charge in [0.05, 0.1) is 0 Å². The van der Waals surface area contributed by atoms with E-state index < -0.39 is 11.7 Å². The molecule has 7 heteroatoms. The summed E-state index contributed by atoms with van der Waals surface area (Å²) in [6.07, 6.45) is 0. The van der Waals surface area contributed by atoms with Crippen LogP contribution in [-0.4, -0.2) is 16.1 Å². The number of anilines is 1. The van der Waals surface area contributed by atoms with Gasteiger partial charge in [0.1, 0.15) is 10.8 Å². The highest BCUT2D eigenvalue weighted by atomic mass is 32.1. The number of hydrogen-bond acceptors (Lipinski definition) is 5. The molecule has 0 radical (unpaired) electrons. The summed E-state index contributed by atoms with van der Waals surface area (Å²) in [5, 5.41) is 11.0. The molecule has 0 bridgehead atoms. The number of benzene rings is 1. The van der Waals surface area contributed by atoms with Crippen LogP contribution < -0.4 is 11.1 Å². The summed E-state index contributed by atoms with van der Waals surface area (Å²) in [7, 11) is 0. The fraction of sp³-hybridized carbons (Fsp3) is 0.100. The zero-order chi connectivity index (χ0) is 12.3. The molecule has 2 rings (SSSR count). The van der Waals surface area contributed by atoms with Crippen LogP contribution in [0.5, 0.6) is 0 Å². The monoisotopic (exact) mass is 252 g/mol. The molecule has 17 heavy (non-hydrogen) atoms. The van der Waals surface area contributed by atoms with Crippen LogP contribution >= 0.6 is 11.3 Å². The van der Waals surface area contributed by atoms with Gasteiger partial charge in [-0.05, 0) is 18.2 Å². The Morgan fingerprint density at radius 2 is 2.29 bits per heavy atom. The largest absolute Gasteiger partial charge is 0.324 e. The molecule has 0 atom stereocenters. The van der Waals surface area contributed by atoms with E-state index in [0.717, 1.165) is 6.07 Å². The standard InChI is InChI=1S/C10H9FN4OS/c11-7-3-1-2-6(4-7)9(16)13-10-15-14-8(5-12)17-10/h1-4H,5,12H2,(H,13,15,16). The van der Waals surface area contributed by atoms with Gasteiger partial charge in [-0.2, -0.15) is 0 Å². The van der Waals surface area contributed by atoms with E-state index in [1.807, 2.05) is 0 Å². The Bertz CT molecular complexity index is 543. The molecular weight excluding hydrogens is 243 g/mol. The number of hydrogen-bond donors (Lipinski definition) is 2. The summed E-state index contributed by atoms with van der Waals surface area (Å²) in [5.74, 6) is -0.887. The summed E-state index contributed by atoms with van der Waals surface area (Å²) in [4.78, 5) is 11.7. The lowest BCUT2D eigenvalue weighted by molar-refractivity contribution is 0.102. The van der Waals surface area contributed by atoms with Crippen LogP contribution in [0.2, 0.25) is 0 Å². The lowest BCUT2D eigenvalue weighted by atomic mass is 10.2. The molecule has 3 N–H and O–H groups in total.